The molecule has 96 valence electrons. The largest absolute Gasteiger partial charge is 0.481 e. The Balaban J connectivity index is 2.68. The molecule has 7 nitrogen and oxygen atoms in total. The lowest BCUT2D eigenvalue weighted by atomic mass is 10.1. The lowest BCUT2D eigenvalue weighted by Gasteiger charge is -2.09. The molecule has 0 aliphatic carbocycles. The van der Waals surface area contributed by atoms with E-state index in [1.807, 2.05) is 0 Å². The molecule has 0 bridgehead atoms. The predicted molar refractivity (Wildman–Crippen MR) is 64.0 cm³/mol. The standard InChI is InChI=1S/C11H13N3O4/c12-9(15)6-13-11(18)14-8-4-2-1-3-7(8)5-10(16)17/h1-4H,5-6H2,(H2,12,15)(H,16,17)(H2,13,14,18). The number of primary amides is 1. The molecule has 0 unspecified atom stereocenters. The van der Waals surface area contributed by atoms with Gasteiger partial charge in [-0.25, -0.2) is 4.79 Å². The number of carbonyl (C=O) groups is 3. The summed E-state index contributed by atoms with van der Waals surface area (Å²) in [6.45, 7) is -0.285. The third-order valence-corrected chi connectivity index (χ3v) is 2.03. The number of nitrogens with two attached hydrogens (primary N) is 1. The van der Waals surface area contributed by atoms with Crippen LogP contribution < -0.4 is 16.4 Å². The summed E-state index contributed by atoms with van der Waals surface area (Å²) < 4.78 is 0. The molecule has 1 aromatic rings. The van der Waals surface area contributed by atoms with E-state index in [2.05, 4.69) is 10.6 Å². The quantitative estimate of drug-likeness (QED) is 0.584. The van der Waals surface area contributed by atoms with Gasteiger partial charge in [0.2, 0.25) is 5.91 Å². The van der Waals surface area contributed by atoms with E-state index in [0.29, 0.717) is 11.3 Å². The molecule has 0 atom stereocenters. The molecule has 1 rings (SSSR count). The highest BCUT2D eigenvalue weighted by atomic mass is 16.4. The highest BCUT2D eigenvalue weighted by Crippen LogP contribution is 2.15. The number of anilines is 1. The molecule has 0 aliphatic heterocycles. The van der Waals surface area contributed by atoms with Crippen LogP contribution in [0.4, 0.5) is 10.5 Å². The van der Waals surface area contributed by atoms with Gasteiger partial charge in [0.1, 0.15) is 0 Å². The van der Waals surface area contributed by atoms with Crippen LogP contribution in [0.5, 0.6) is 0 Å². The Morgan fingerprint density at radius 1 is 1.22 bits per heavy atom. The highest BCUT2D eigenvalue weighted by molar-refractivity contribution is 5.93. The van der Waals surface area contributed by atoms with Crippen LogP contribution in [0.1, 0.15) is 5.56 Å². The van der Waals surface area contributed by atoms with Crippen LogP contribution in [0, 0.1) is 0 Å². The number of hydrogen-bond donors (Lipinski definition) is 4. The molecule has 7 heteroatoms. The van der Waals surface area contributed by atoms with E-state index in [1.165, 1.54) is 0 Å². The van der Waals surface area contributed by atoms with Crippen LogP contribution in [-0.2, 0) is 16.0 Å². The third-order valence-electron chi connectivity index (χ3n) is 2.03. The number of nitrogens with one attached hydrogen (secondary N) is 2. The number of rotatable bonds is 5. The van der Waals surface area contributed by atoms with Gasteiger partial charge < -0.3 is 21.5 Å². The maximum absolute atomic E-state index is 11.4. The van der Waals surface area contributed by atoms with Gasteiger partial charge in [-0.2, -0.15) is 0 Å². The fourth-order valence-electron chi connectivity index (χ4n) is 1.29. The van der Waals surface area contributed by atoms with E-state index in [1.54, 1.807) is 24.3 Å². The van der Waals surface area contributed by atoms with Crippen molar-refractivity contribution in [3.05, 3.63) is 29.8 Å². The molecule has 0 aliphatic rings. The summed E-state index contributed by atoms with van der Waals surface area (Å²) in [6, 6.07) is 5.88. The summed E-state index contributed by atoms with van der Waals surface area (Å²) in [5.41, 5.74) is 5.72. The summed E-state index contributed by atoms with van der Waals surface area (Å²) in [6.07, 6.45) is -0.202. The van der Waals surface area contributed by atoms with Crippen molar-refractivity contribution in [3.8, 4) is 0 Å². The van der Waals surface area contributed by atoms with Crippen LogP contribution in [0.15, 0.2) is 24.3 Å². The zero-order valence-electron chi connectivity index (χ0n) is 9.47. The van der Waals surface area contributed by atoms with Gasteiger partial charge in [-0.3, -0.25) is 9.59 Å². The van der Waals surface area contributed by atoms with Gasteiger partial charge in [-0.15, -0.1) is 0 Å². The predicted octanol–water partition coefficient (Wildman–Crippen LogP) is -0.0795. The number of benzene rings is 1. The first-order valence-corrected chi connectivity index (χ1v) is 5.12. The van der Waals surface area contributed by atoms with Gasteiger partial charge in [0.05, 0.1) is 13.0 Å². The number of hydrogen-bond acceptors (Lipinski definition) is 3. The number of carboxylic acid groups (broad SMARTS) is 1. The number of para-hydroxylation sites is 1. The van der Waals surface area contributed by atoms with E-state index in [9.17, 15) is 14.4 Å². The van der Waals surface area contributed by atoms with Gasteiger partial charge in [-0.05, 0) is 11.6 Å². The zero-order chi connectivity index (χ0) is 13.5. The third kappa shape index (κ3) is 4.52. The van der Waals surface area contributed by atoms with Gasteiger partial charge in [0, 0.05) is 5.69 Å². The van der Waals surface area contributed by atoms with E-state index in [4.69, 9.17) is 10.8 Å². The molecule has 0 radical (unpaired) electrons. The normalized spacial score (nSPS) is 9.56. The molecule has 5 N–H and O–H groups in total. The van der Waals surface area contributed by atoms with E-state index < -0.39 is 17.9 Å². The number of aliphatic carboxylic acids is 1. The topological polar surface area (TPSA) is 122 Å². The second-order valence-corrected chi connectivity index (χ2v) is 3.50. The molecule has 18 heavy (non-hydrogen) atoms. The van der Waals surface area contributed by atoms with Crippen LogP contribution in [0.25, 0.3) is 0 Å². The van der Waals surface area contributed by atoms with Crippen molar-refractivity contribution in [1.82, 2.24) is 5.32 Å². The highest BCUT2D eigenvalue weighted by Gasteiger charge is 2.09. The Hall–Kier alpha value is -2.57. The SMILES string of the molecule is NC(=O)CNC(=O)Nc1ccccc1CC(=O)O. The number of carbonyl (C=O) groups excluding carboxylic acids is 2. The first-order chi connectivity index (χ1) is 8.49. The molecule has 3 amide bonds. The number of urea groups is 1. The van der Waals surface area contributed by atoms with E-state index in [-0.39, 0.29) is 13.0 Å². The summed E-state index contributed by atoms with van der Waals surface area (Å²) in [4.78, 5) is 32.5. The summed E-state index contributed by atoms with van der Waals surface area (Å²) in [7, 11) is 0. The van der Waals surface area contributed by atoms with Gasteiger partial charge in [0.25, 0.3) is 0 Å². The maximum Gasteiger partial charge on any atom is 0.319 e. The van der Waals surface area contributed by atoms with E-state index >= 15 is 0 Å². The lowest BCUT2D eigenvalue weighted by Crippen LogP contribution is -2.36. The van der Waals surface area contributed by atoms with Crippen molar-refractivity contribution >= 4 is 23.6 Å². The first-order valence-electron chi connectivity index (χ1n) is 5.12. The molecule has 0 fully saturated rings. The summed E-state index contributed by atoms with van der Waals surface area (Å²) in [5.74, 6) is -1.66. The minimum absolute atomic E-state index is 0.202. The Bertz CT molecular complexity index is 473. The zero-order valence-corrected chi connectivity index (χ0v) is 9.47. The van der Waals surface area contributed by atoms with E-state index in [0.717, 1.165) is 0 Å². The molecule has 0 spiro atoms. The monoisotopic (exact) mass is 251 g/mol. The Morgan fingerprint density at radius 2 is 1.89 bits per heavy atom. The van der Waals surface area contributed by atoms with Gasteiger partial charge >= 0.3 is 12.0 Å². The lowest BCUT2D eigenvalue weighted by molar-refractivity contribution is -0.136. The van der Waals surface area contributed by atoms with Crippen LogP contribution in [0.3, 0.4) is 0 Å². The second kappa shape index (κ2) is 6.24. The number of amides is 3. The van der Waals surface area contributed by atoms with Gasteiger partial charge in [0.15, 0.2) is 0 Å². The molecule has 0 heterocycles. The van der Waals surface area contributed by atoms with Crippen molar-refractivity contribution in [1.29, 1.82) is 0 Å². The minimum atomic E-state index is -0.998. The molecule has 0 aromatic heterocycles. The Kier molecular flexibility index (Phi) is 4.67. The molecule has 1 aromatic carbocycles. The van der Waals surface area contributed by atoms with Crippen LogP contribution >= 0.6 is 0 Å². The molecular weight excluding hydrogens is 238 g/mol. The first kappa shape index (κ1) is 13.5. The average Bonchev–Trinajstić information content (AvgIpc) is 2.28. The molecule has 0 saturated carbocycles. The summed E-state index contributed by atoms with van der Waals surface area (Å²) >= 11 is 0. The van der Waals surface area contributed by atoms with Crippen LogP contribution in [0.2, 0.25) is 0 Å². The van der Waals surface area contributed by atoms with Crippen molar-refractivity contribution in [2.45, 2.75) is 6.42 Å². The second-order valence-electron chi connectivity index (χ2n) is 3.50. The van der Waals surface area contributed by atoms with Crippen molar-refractivity contribution in [3.63, 3.8) is 0 Å². The summed E-state index contributed by atoms with van der Waals surface area (Å²) in [5, 5.41) is 13.4. The Morgan fingerprint density at radius 3 is 2.50 bits per heavy atom. The fraction of sp³-hybridized carbons (Fsp3) is 0.182. The molecule has 0 saturated heterocycles. The van der Waals surface area contributed by atoms with Crippen molar-refractivity contribution in [2.24, 2.45) is 5.73 Å². The van der Waals surface area contributed by atoms with Crippen LogP contribution in [-0.4, -0.2) is 29.6 Å². The Labute approximate surface area is 103 Å². The molecular formula is C11H13N3O4. The van der Waals surface area contributed by atoms with Gasteiger partial charge in [-0.1, -0.05) is 18.2 Å². The smallest absolute Gasteiger partial charge is 0.319 e. The average molecular weight is 251 g/mol. The van der Waals surface area contributed by atoms with Crippen molar-refractivity contribution < 1.29 is 19.5 Å². The van der Waals surface area contributed by atoms with Crippen molar-refractivity contribution in [2.75, 3.05) is 11.9 Å². The minimum Gasteiger partial charge on any atom is -0.481 e. The fourth-order valence-corrected chi connectivity index (χ4v) is 1.29. The maximum atomic E-state index is 11.4. The number of carboxylic acids is 1.